The van der Waals surface area contributed by atoms with Crippen LogP contribution in [-0.2, 0) is 0 Å². The van der Waals surface area contributed by atoms with Gasteiger partial charge in [0.2, 0.25) is 11.8 Å². The van der Waals surface area contributed by atoms with E-state index in [1.165, 1.54) is 0 Å². The van der Waals surface area contributed by atoms with Crippen LogP contribution in [0.5, 0.6) is 23.3 Å². The number of nitrogens with zero attached hydrogens (tertiary/aromatic N) is 2. The molecule has 22 heavy (non-hydrogen) atoms. The quantitative estimate of drug-likeness (QED) is 0.717. The van der Waals surface area contributed by atoms with Gasteiger partial charge in [0.1, 0.15) is 11.5 Å². The highest BCUT2D eigenvalue weighted by molar-refractivity contribution is 5.43. The summed E-state index contributed by atoms with van der Waals surface area (Å²) in [5, 5.41) is 7.91. The van der Waals surface area contributed by atoms with Crippen LogP contribution in [0.2, 0.25) is 0 Å². The SMILES string of the molecule is Nc1ccc(Oc2ccc(Oc3ccc(N)cc3)nn2)cc1. The van der Waals surface area contributed by atoms with E-state index in [0.717, 1.165) is 0 Å². The van der Waals surface area contributed by atoms with Crippen molar-refractivity contribution < 1.29 is 9.47 Å². The van der Waals surface area contributed by atoms with E-state index in [4.69, 9.17) is 20.9 Å². The van der Waals surface area contributed by atoms with Crippen molar-refractivity contribution in [3.63, 3.8) is 0 Å². The van der Waals surface area contributed by atoms with Crippen LogP contribution in [0.3, 0.4) is 0 Å². The lowest BCUT2D eigenvalue weighted by Gasteiger charge is -2.06. The van der Waals surface area contributed by atoms with Crippen LogP contribution in [-0.4, -0.2) is 10.2 Å². The zero-order valence-electron chi connectivity index (χ0n) is 11.6. The van der Waals surface area contributed by atoms with Gasteiger partial charge in [0.25, 0.3) is 0 Å². The predicted octanol–water partition coefficient (Wildman–Crippen LogP) is 3.23. The Morgan fingerprint density at radius 3 is 1.23 bits per heavy atom. The average molecular weight is 294 g/mol. The minimum absolute atomic E-state index is 0.370. The highest BCUT2D eigenvalue weighted by Crippen LogP contribution is 2.23. The molecular weight excluding hydrogens is 280 g/mol. The van der Waals surface area contributed by atoms with Crippen LogP contribution in [0.25, 0.3) is 0 Å². The fraction of sp³-hybridized carbons (Fsp3) is 0. The second kappa shape index (κ2) is 6.01. The third-order valence-electron chi connectivity index (χ3n) is 2.82. The number of ether oxygens (including phenoxy) is 2. The summed E-state index contributed by atoms with van der Waals surface area (Å²) in [5.74, 6) is 2.01. The van der Waals surface area contributed by atoms with E-state index in [-0.39, 0.29) is 0 Å². The Hall–Kier alpha value is -3.28. The summed E-state index contributed by atoms with van der Waals surface area (Å²) in [4.78, 5) is 0. The van der Waals surface area contributed by atoms with E-state index in [0.29, 0.717) is 34.6 Å². The monoisotopic (exact) mass is 294 g/mol. The van der Waals surface area contributed by atoms with Crippen LogP contribution in [0.1, 0.15) is 0 Å². The van der Waals surface area contributed by atoms with Crippen molar-refractivity contribution in [1.82, 2.24) is 10.2 Å². The number of benzene rings is 2. The van der Waals surface area contributed by atoms with Gasteiger partial charge >= 0.3 is 0 Å². The first-order chi connectivity index (χ1) is 10.7. The maximum absolute atomic E-state index is 5.61. The molecule has 0 aliphatic rings. The fourth-order valence-corrected chi connectivity index (χ4v) is 1.73. The Bertz CT molecular complexity index is 674. The zero-order valence-corrected chi connectivity index (χ0v) is 11.6. The summed E-state index contributed by atoms with van der Waals surface area (Å²) in [5.41, 5.74) is 12.6. The maximum Gasteiger partial charge on any atom is 0.239 e. The molecule has 3 rings (SSSR count). The van der Waals surface area contributed by atoms with Crippen LogP contribution in [0, 0.1) is 0 Å². The summed E-state index contributed by atoms with van der Waals surface area (Å²) < 4.78 is 11.1. The molecule has 0 amide bonds. The van der Waals surface area contributed by atoms with Crippen LogP contribution in [0.4, 0.5) is 11.4 Å². The Kier molecular flexibility index (Phi) is 3.74. The van der Waals surface area contributed by atoms with Crippen molar-refractivity contribution in [3.05, 3.63) is 60.7 Å². The van der Waals surface area contributed by atoms with Crippen molar-refractivity contribution in [3.8, 4) is 23.3 Å². The molecule has 0 atom stereocenters. The molecule has 0 saturated heterocycles. The minimum atomic E-state index is 0.370. The van der Waals surface area contributed by atoms with Gasteiger partial charge in [-0.25, -0.2) is 0 Å². The Morgan fingerprint density at radius 2 is 0.909 bits per heavy atom. The molecule has 0 saturated carbocycles. The lowest BCUT2D eigenvalue weighted by atomic mass is 10.3. The van der Waals surface area contributed by atoms with E-state index in [9.17, 15) is 0 Å². The fourth-order valence-electron chi connectivity index (χ4n) is 1.73. The minimum Gasteiger partial charge on any atom is -0.438 e. The van der Waals surface area contributed by atoms with Crippen LogP contribution < -0.4 is 20.9 Å². The first-order valence-corrected chi connectivity index (χ1v) is 6.59. The van der Waals surface area contributed by atoms with E-state index >= 15 is 0 Å². The van der Waals surface area contributed by atoms with Crippen molar-refractivity contribution in [2.75, 3.05) is 11.5 Å². The second-order valence-electron chi connectivity index (χ2n) is 4.55. The normalized spacial score (nSPS) is 10.2. The molecular formula is C16H14N4O2. The molecule has 2 aromatic carbocycles. The lowest BCUT2D eigenvalue weighted by molar-refractivity contribution is 0.427. The molecule has 6 nitrogen and oxygen atoms in total. The molecule has 0 aliphatic heterocycles. The van der Waals surface area contributed by atoms with Gasteiger partial charge in [0, 0.05) is 23.5 Å². The molecule has 3 aromatic rings. The summed E-state index contributed by atoms with van der Waals surface area (Å²) in [6.07, 6.45) is 0. The van der Waals surface area contributed by atoms with E-state index in [2.05, 4.69) is 10.2 Å². The molecule has 0 spiro atoms. The summed E-state index contributed by atoms with van der Waals surface area (Å²) in [6, 6.07) is 17.4. The van der Waals surface area contributed by atoms with Crippen molar-refractivity contribution in [2.45, 2.75) is 0 Å². The highest BCUT2D eigenvalue weighted by atomic mass is 16.5. The van der Waals surface area contributed by atoms with Gasteiger partial charge in [-0.15, -0.1) is 10.2 Å². The number of hydrogen-bond donors (Lipinski definition) is 2. The first-order valence-electron chi connectivity index (χ1n) is 6.59. The molecule has 1 aromatic heterocycles. The molecule has 0 unspecified atom stereocenters. The number of nitrogens with two attached hydrogens (primary N) is 2. The van der Waals surface area contributed by atoms with Gasteiger partial charge in [-0.05, 0) is 48.5 Å². The molecule has 1 heterocycles. The van der Waals surface area contributed by atoms with Crippen molar-refractivity contribution in [1.29, 1.82) is 0 Å². The average Bonchev–Trinajstić information content (AvgIpc) is 2.54. The highest BCUT2D eigenvalue weighted by Gasteiger charge is 2.03. The number of aromatic nitrogens is 2. The molecule has 110 valence electrons. The van der Waals surface area contributed by atoms with Crippen molar-refractivity contribution in [2.24, 2.45) is 0 Å². The third kappa shape index (κ3) is 3.43. The molecule has 6 heteroatoms. The number of nitrogen functional groups attached to an aromatic ring is 2. The predicted molar refractivity (Wildman–Crippen MR) is 83.9 cm³/mol. The smallest absolute Gasteiger partial charge is 0.239 e. The maximum atomic E-state index is 5.61. The van der Waals surface area contributed by atoms with Gasteiger partial charge in [0.05, 0.1) is 0 Å². The zero-order chi connectivity index (χ0) is 15.4. The Morgan fingerprint density at radius 1 is 0.545 bits per heavy atom. The molecule has 0 fully saturated rings. The van der Waals surface area contributed by atoms with Gasteiger partial charge in [-0.2, -0.15) is 0 Å². The van der Waals surface area contributed by atoms with E-state index < -0.39 is 0 Å². The first kappa shape index (κ1) is 13.7. The topological polar surface area (TPSA) is 96.3 Å². The standard InChI is InChI=1S/C16H14N4O2/c17-11-1-5-13(6-2-11)21-15-9-10-16(20-19-15)22-14-7-3-12(18)4-8-14/h1-10H,17-18H2. The Labute approximate surface area is 127 Å². The van der Waals surface area contributed by atoms with E-state index in [1.54, 1.807) is 60.7 Å². The number of hydrogen-bond acceptors (Lipinski definition) is 6. The number of anilines is 2. The second-order valence-corrected chi connectivity index (χ2v) is 4.55. The summed E-state index contributed by atoms with van der Waals surface area (Å²) in [7, 11) is 0. The number of rotatable bonds is 4. The summed E-state index contributed by atoms with van der Waals surface area (Å²) in [6.45, 7) is 0. The Balaban J connectivity index is 1.67. The molecule has 0 bridgehead atoms. The molecule has 4 N–H and O–H groups in total. The van der Waals surface area contributed by atoms with Crippen LogP contribution >= 0.6 is 0 Å². The van der Waals surface area contributed by atoms with Gasteiger partial charge < -0.3 is 20.9 Å². The van der Waals surface area contributed by atoms with Crippen molar-refractivity contribution >= 4 is 11.4 Å². The molecule has 0 aliphatic carbocycles. The molecule has 0 radical (unpaired) electrons. The summed E-state index contributed by atoms with van der Waals surface area (Å²) >= 11 is 0. The van der Waals surface area contributed by atoms with Crippen LogP contribution in [0.15, 0.2) is 60.7 Å². The lowest BCUT2D eigenvalue weighted by Crippen LogP contribution is -1.94. The van der Waals surface area contributed by atoms with E-state index in [1.807, 2.05) is 0 Å². The largest absolute Gasteiger partial charge is 0.438 e. The van der Waals surface area contributed by atoms with Gasteiger partial charge in [-0.1, -0.05) is 0 Å². The van der Waals surface area contributed by atoms with Gasteiger partial charge in [0.15, 0.2) is 0 Å². The van der Waals surface area contributed by atoms with Gasteiger partial charge in [-0.3, -0.25) is 0 Å². The third-order valence-corrected chi connectivity index (χ3v) is 2.82.